The molecule has 1 saturated heterocycles. The van der Waals surface area contributed by atoms with Gasteiger partial charge < -0.3 is 19.7 Å². The number of carbonyl (C=O) groups excluding carboxylic acids is 1. The first-order valence-electron chi connectivity index (χ1n) is 10.2. The fourth-order valence-electron chi connectivity index (χ4n) is 3.54. The van der Waals surface area contributed by atoms with Crippen LogP contribution in [0.4, 0.5) is 0 Å². The highest BCUT2D eigenvalue weighted by atomic mass is 32.1. The molecule has 1 atom stereocenters. The highest BCUT2D eigenvalue weighted by Gasteiger charge is 2.25. The van der Waals surface area contributed by atoms with Gasteiger partial charge in [-0.25, -0.2) is 0 Å². The predicted molar refractivity (Wildman–Crippen MR) is 117 cm³/mol. The van der Waals surface area contributed by atoms with E-state index in [0.717, 1.165) is 26.2 Å². The highest BCUT2D eigenvalue weighted by Crippen LogP contribution is 2.29. The molecule has 1 aliphatic heterocycles. The molecule has 158 valence electrons. The van der Waals surface area contributed by atoms with Gasteiger partial charge in [0.15, 0.2) is 11.5 Å². The molecule has 7 heteroatoms. The zero-order chi connectivity index (χ0) is 20.6. The molecule has 0 saturated carbocycles. The minimum Gasteiger partial charge on any atom is -0.490 e. The van der Waals surface area contributed by atoms with Crippen LogP contribution in [0.25, 0.3) is 0 Å². The van der Waals surface area contributed by atoms with Crippen molar-refractivity contribution in [3.05, 3.63) is 46.2 Å². The summed E-state index contributed by atoms with van der Waals surface area (Å²) in [7, 11) is 2.15. The van der Waals surface area contributed by atoms with Gasteiger partial charge in [0, 0.05) is 38.3 Å². The molecule has 1 N–H and O–H groups in total. The monoisotopic (exact) mass is 417 g/mol. The van der Waals surface area contributed by atoms with Crippen LogP contribution >= 0.6 is 11.3 Å². The Labute approximate surface area is 177 Å². The zero-order valence-electron chi connectivity index (χ0n) is 17.5. The van der Waals surface area contributed by atoms with Crippen molar-refractivity contribution in [2.24, 2.45) is 0 Å². The van der Waals surface area contributed by atoms with Gasteiger partial charge in [-0.1, -0.05) is 0 Å². The summed E-state index contributed by atoms with van der Waals surface area (Å²) in [5.74, 6) is 1.18. The minimum absolute atomic E-state index is 0.0941. The molecule has 1 amide bonds. The number of thiophene rings is 1. The van der Waals surface area contributed by atoms with E-state index in [1.54, 1.807) is 29.5 Å². The first-order chi connectivity index (χ1) is 14.1. The average Bonchev–Trinajstić information content (AvgIpc) is 3.25. The van der Waals surface area contributed by atoms with Crippen LogP contribution in [0.15, 0.2) is 35.0 Å². The highest BCUT2D eigenvalue weighted by molar-refractivity contribution is 7.07. The molecule has 1 aromatic heterocycles. The summed E-state index contributed by atoms with van der Waals surface area (Å²) in [6.07, 6.45) is 0. The van der Waals surface area contributed by atoms with Gasteiger partial charge in [0.1, 0.15) is 0 Å². The van der Waals surface area contributed by atoms with E-state index in [-0.39, 0.29) is 11.9 Å². The number of rotatable bonds is 9. The zero-order valence-corrected chi connectivity index (χ0v) is 18.3. The van der Waals surface area contributed by atoms with Gasteiger partial charge in [-0.15, -0.1) is 0 Å². The van der Waals surface area contributed by atoms with E-state index in [1.807, 2.05) is 13.8 Å². The predicted octanol–water partition coefficient (Wildman–Crippen LogP) is 3.26. The molecule has 0 radical (unpaired) electrons. The second kappa shape index (κ2) is 10.6. The lowest BCUT2D eigenvalue weighted by molar-refractivity contribution is 0.0886. The summed E-state index contributed by atoms with van der Waals surface area (Å²) in [5.41, 5.74) is 1.85. The molecule has 2 aromatic rings. The molecule has 1 aromatic carbocycles. The van der Waals surface area contributed by atoms with Crippen molar-refractivity contribution < 1.29 is 14.3 Å². The Bertz CT molecular complexity index is 774. The Morgan fingerprint density at radius 2 is 1.83 bits per heavy atom. The van der Waals surface area contributed by atoms with Crippen LogP contribution in [0, 0.1) is 0 Å². The van der Waals surface area contributed by atoms with Crippen LogP contribution in [0.2, 0.25) is 0 Å². The van der Waals surface area contributed by atoms with Crippen LogP contribution in [0.1, 0.15) is 35.8 Å². The second-order valence-corrected chi connectivity index (χ2v) is 7.93. The lowest BCUT2D eigenvalue weighted by Gasteiger charge is -2.38. The average molecular weight is 418 g/mol. The van der Waals surface area contributed by atoms with Crippen molar-refractivity contribution in [2.75, 3.05) is 53.0 Å². The second-order valence-electron chi connectivity index (χ2n) is 7.15. The lowest BCUT2D eigenvalue weighted by atomic mass is 10.1. The topological polar surface area (TPSA) is 54.0 Å². The molecule has 6 nitrogen and oxygen atoms in total. The Hall–Kier alpha value is -2.09. The maximum Gasteiger partial charge on any atom is 0.251 e. The van der Waals surface area contributed by atoms with Crippen molar-refractivity contribution in [1.82, 2.24) is 15.1 Å². The molecule has 1 fully saturated rings. The van der Waals surface area contributed by atoms with E-state index in [2.05, 4.69) is 39.0 Å². The number of carbonyl (C=O) groups is 1. The van der Waals surface area contributed by atoms with Crippen molar-refractivity contribution >= 4 is 17.2 Å². The van der Waals surface area contributed by atoms with Crippen molar-refractivity contribution in [1.29, 1.82) is 0 Å². The van der Waals surface area contributed by atoms with Gasteiger partial charge in [0.05, 0.1) is 19.3 Å². The smallest absolute Gasteiger partial charge is 0.251 e. The standard InChI is InChI=1S/C22H31N3O3S/c1-4-27-20-7-6-17(14-21(20)28-5-2)22(26)23-15-19(18-8-13-29-16-18)25-11-9-24(3)10-12-25/h6-8,13-14,16,19H,4-5,9-12,15H2,1-3H3,(H,23,26). The number of nitrogens with one attached hydrogen (secondary N) is 1. The Balaban J connectivity index is 1.69. The normalized spacial score (nSPS) is 16.4. The molecule has 2 heterocycles. The molecule has 0 spiro atoms. The first kappa shape index (κ1) is 21.6. The molecular formula is C22H31N3O3S. The van der Waals surface area contributed by atoms with E-state index in [0.29, 0.717) is 36.8 Å². The largest absolute Gasteiger partial charge is 0.490 e. The number of piperazine rings is 1. The number of hydrogen-bond donors (Lipinski definition) is 1. The van der Waals surface area contributed by atoms with Crippen molar-refractivity contribution in [2.45, 2.75) is 19.9 Å². The summed E-state index contributed by atoms with van der Waals surface area (Å²) < 4.78 is 11.2. The van der Waals surface area contributed by atoms with Crippen LogP contribution in [-0.4, -0.2) is 68.7 Å². The summed E-state index contributed by atoms with van der Waals surface area (Å²) in [4.78, 5) is 17.7. The number of amides is 1. The van der Waals surface area contributed by atoms with Crippen molar-refractivity contribution in [3.8, 4) is 11.5 Å². The third-order valence-electron chi connectivity index (χ3n) is 5.17. The van der Waals surface area contributed by atoms with E-state index in [9.17, 15) is 4.79 Å². The molecule has 3 rings (SSSR count). The third kappa shape index (κ3) is 5.72. The maximum atomic E-state index is 12.8. The molecule has 0 bridgehead atoms. The van der Waals surface area contributed by atoms with Gasteiger partial charge in [-0.3, -0.25) is 9.69 Å². The molecule has 1 aliphatic rings. The van der Waals surface area contributed by atoms with E-state index in [4.69, 9.17) is 9.47 Å². The molecule has 1 unspecified atom stereocenters. The summed E-state index contributed by atoms with van der Waals surface area (Å²) in [5, 5.41) is 7.41. The number of hydrogen-bond acceptors (Lipinski definition) is 6. The summed E-state index contributed by atoms with van der Waals surface area (Å²) in [6.45, 7) is 9.61. The number of ether oxygens (including phenoxy) is 2. The number of benzene rings is 1. The van der Waals surface area contributed by atoms with E-state index in [1.165, 1.54) is 5.56 Å². The summed E-state index contributed by atoms with van der Waals surface area (Å²) in [6, 6.07) is 7.70. The minimum atomic E-state index is -0.0941. The van der Waals surface area contributed by atoms with Gasteiger partial charge in [0.2, 0.25) is 0 Å². The fraction of sp³-hybridized carbons (Fsp3) is 0.500. The first-order valence-corrected chi connectivity index (χ1v) is 11.2. The third-order valence-corrected chi connectivity index (χ3v) is 5.87. The quantitative estimate of drug-likeness (QED) is 0.679. The Morgan fingerprint density at radius 1 is 1.10 bits per heavy atom. The molecule has 29 heavy (non-hydrogen) atoms. The van der Waals surface area contributed by atoms with E-state index >= 15 is 0 Å². The number of nitrogens with zero attached hydrogens (tertiary/aromatic N) is 2. The van der Waals surface area contributed by atoms with Gasteiger partial charge in [-0.2, -0.15) is 11.3 Å². The molecule has 0 aliphatic carbocycles. The Morgan fingerprint density at radius 3 is 2.48 bits per heavy atom. The lowest BCUT2D eigenvalue weighted by Crippen LogP contribution is -2.48. The SMILES string of the molecule is CCOc1ccc(C(=O)NCC(c2ccsc2)N2CCN(C)CC2)cc1OCC. The van der Waals surface area contributed by atoms with E-state index < -0.39 is 0 Å². The van der Waals surface area contributed by atoms with Crippen LogP contribution in [0.3, 0.4) is 0 Å². The van der Waals surface area contributed by atoms with Crippen LogP contribution < -0.4 is 14.8 Å². The fourth-order valence-corrected chi connectivity index (χ4v) is 4.25. The van der Waals surface area contributed by atoms with Gasteiger partial charge in [0.25, 0.3) is 5.91 Å². The van der Waals surface area contributed by atoms with Gasteiger partial charge >= 0.3 is 0 Å². The summed E-state index contributed by atoms with van der Waals surface area (Å²) >= 11 is 1.70. The van der Waals surface area contributed by atoms with Crippen LogP contribution in [0.5, 0.6) is 11.5 Å². The van der Waals surface area contributed by atoms with Crippen LogP contribution in [-0.2, 0) is 0 Å². The number of likely N-dealkylation sites (N-methyl/N-ethyl adjacent to an activating group) is 1. The van der Waals surface area contributed by atoms with Crippen molar-refractivity contribution in [3.63, 3.8) is 0 Å². The maximum absolute atomic E-state index is 12.8. The molecular weight excluding hydrogens is 386 g/mol. The van der Waals surface area contributed by atoms with Gasteiger partial charge in [-0.05, 0) is 61.5 Å². The Kier molecular flexibility index (Phi) is 7.91.